The summed E-state index contributed by atoms with van der Waals surface area (Å²) in [5, 5.41) is 2.23. The van der Waals surface area contributed by atoms with Gasteiger partial charge in [-0.15, -0.1) is 11.3 Å². The first-order chi connectivity index (χ1) is 18.1. The molecule has 0 saturated carbocycles. The average Bonchev–Trinajstić information content (AvgIpc) is 3.72. The van der Waals surface area contributed by atoms with Gasteiger partial charge in [-0.1, -0.05) is 24.3 Å². The summed E-state index contributed by atoms with van der Waals surface area (Å²) in [7, 11) is 0. The van der Waals surface area contributed by atoms with Crippen LogP contribution in [0, 0.1) is 12.3 Å². The van der Waals surface area contributed by atoms with E-state index in [2.05, 4.69) is 77.3 Å². The molecule has 2 aliphatic heterocycles. The molecule has 1 spiro atoms. The molecule has 2 fully saturated rings. The number of nitrogens with one attached hydrogen (secondary N) is 2. The van der Waals surface area contributed by atoms with Gasteiger partial charge in [-0.25, -0.2) is 9.97 Å². The minimum Gasteiger partial charge on any atom is -0.348 e. The Bertz CT molecular complexity index is 1210. The number of rotatable bonds is 10. The minimum atomic E-state index is 0.489. The molecule has 1 atom stereocenters. The van der Waals surface area contributed by atoms with Gasteiger partial charge in [-0.05, 0) is 66.4 Å². The lowest BCUT2D eigenvalue weighted by molar-refractivity contribution is 0.234. The number of hydrogen-bond donors (Lipinski definition) is 2. The van der Waals surface area contributed by atoms with Gasteiger partial charge in [0.05, 0.1) is 13.1 Å². The van der Waals surface area contributed by atoms with E-state index in [0.29, 0.717) is 5.41 Å². The first-order valence-corrected chi connectivity index (χ1v) is 14.2. The Balaban J connectivity index is 1.03. The van der Waals surface area contributed by atoms with Crippen LogP contribution >= 0.6 is 11.3 Å². The van der Waals surface area contributed by atoms with Gasteiger partial charge in [0.15, 0.2) is 0 Å². The van der Waals surface area contributed by atoms with E-state index < -0.39 is 0 Å². The Morgan fingerprint density at radius 3 is 2.03 bits per heavy atom. The third-order valence-electron chi connectivity index (χ3n) is 8.06. The topological polar surface area (TPSA) is 67.1 Å². The van der Waals surface area contributed by atoms with Crippen molar-refractivity contribution in [3.8, 4) is 0 Å². The van der Waals surface area contributed by atoms with Crippen molar-refractivity contribution in [1.82, 2.24) is 34.6 Å². The molecule has 2 N–H and O–H groups in total. The zero-order chi connectivity index (χ0) is 25.1. The number of likely N-dealkylation sites (tertiary alicyclic amines) is 2. The maximum absolute atomic E-state index is 4.42. The minimum absolute atomic E-state index is 0.489. The van der Waals surface area contributed by atoms with Gasteiger partial charge >= 0.3 is 0 Å². The highest BCUT2D eigenvalue weighted by molar-refractivity contribution is 7.10. The van der Waals surface area contributed by atoms with Crippen LogP contribution in [0.3, 0.4) is 0 Å². The molecule has 3 aromatic heterocycles. The monoisotopic (exact) mass is 515 g/mol. The number of nitrogens with zero attached hydrogens (tertiary/aromatic N) is 5. The van der Waals surface area contributed by atoms with Crippen molar-refractivity contribution in [3.63, 3.8) is 0 Å². The lowest BCUT2D eigenvalue weighted by Gasteiger charge is -2.25. The van der Waals surface area contributed by atoms with Crippen LogP contribution in [0.1, 0.15) is 46.1 Å². The van der Waals surface area contributed by atoms with E-state index in [0.717, 1.165) is 44.4 Å². The molecule has 8 heteroatoms. The fraction of sp³-hybridized carbons (Fsp3) is 0.448. The first kappa shape index (κ1) is 24.6. The lowest BCUT2D eigenvalue weighted by atomic mass is 9.86. The molecule has 7 nitrogen and oxygen atoms in total. The van der Waals surface area contributed by atoms with Gasteiger partial charge < -0.3 is 9.97 Å². The van der Waals surface area contributed by atoms with Gasteiger partial charge in [-0.2, -0.15) is 0 Å². The molecular weight excluding hydrogens is 478 g/mol. The second-order valence-electron chi connectivity index (χ2n) is 11.0. The predicted octanol–water partition coefficient (Wildman–Crippen LogP) is 4.80. The normalized spacial score (nSPS) is 20.6. The first-order valence-electron chi connectivity index (χ1n) is 13.4. The van der Waals surface area contributed by atoms with Crippen molar-refractivity contribution in [2.45, 2.75) is 52.5 Å². The average molecular weight is 516 g/mol. The molecule has 4 aromatic rings. The van der Waals surface area contributed by atoms with Crippen LogP contribution in [0.4, 0.5) is 0 Å². The summed E-state index contributed by atoms with van der Waals surface area (Å²) >= 11 is 1.91. The molecule has 0 bridgehead atoms. The fourth-order valence-electron chi connectivity index (χ4n) is 6.05. The number of aromatic amines is 2. The van der Waals surface area contributed by atoms with Crippen LogP contribution in [-0.2, 0) is 32.7 Å². The molecule has 194 valence electrons. The Hall–Kier alpha value is -2.78. The molecule has 5 heterocycles. The van der Waals surface area contributed by atoms with E-state index in [1.54, 1.807) is 4.88 Å². The highest BCUT2D eigenvalue weighted by Gasteiger charge is 2.43. The zero-order valence-corrected chi connectivity index (χ0v) is 22.5. The van der Waals surface area contributed by atoms with Crippen molar-refractivity contribution in [2.75, 3.05) is 26.2 Å². The van der Waals surface area contributed by atoms with E-state index in [-0.39, 0.29) is 0 Å². The molecule has 2 aliphatic rings. The number of thiophene rings is 1. The number of H-pyrrole nitrogens is 2. The third-order valence-corrected chi connectivity index (χ3v) is 9.07. The molecule has 0 amide bonds. The standard InChI is InChI=1S/C29H37N7S/c1-23-6-15-37-26(23)18-35-14-8-29(22-35)7-13-34(21-29)16-24-2-4-25(5-3-24)17-36(19-27-30-9-10-31-27)20-28-32-11-12-33-28/h2-6,9-12,15H,7-8,13-14,16-22H2,1H3,(H,30,31)(H,32,33). The molecule has 1 unspecified atom stereocenters. The van der Waals surface area contributed by atoms with Crippen LogP contribution in [0.2, 0.25) is 0 Å². The summed E-state index contributed by atoms with van der Waals surface area (Å²) in [5.74, 6) is 1.95. The second-order valence-corrected chi connectivity index (χ2v) is 12.0. The fourth-order valence-corrected chi connectivity index (χ4v) is 7.00. The molecule has 1 aromatic carbocycles. The van der Waals surface area contributed by atoms with E-state index >= 15 is 0 Å². The molecule has 37 heavy (non-hydrogen) atoms. The maximum atomic E-state index is 4.42. The summed E-state index contributed by atoms with van der Waals surface area (Å²) < 4.78 is 0. The van der Waals surface area contributed by atoms with Gasteiger partial charge in [0.25, 0.3) is 0 Å². The second kappa shape index (κ2) is 10.9. The largest absolute Gasteiger partial charge is 0.348 e. The van der Waals surface area contributed by atoms with Gasteiger partial charge in [0, 0.05) is 62.4 Å². The predicted molar refractivity (Wildman–Crippen MR) is 148 cm³/mol. The highest BCUT2D eigenvalue weighted by Crippen LogP contribution is 2.40. The summed E-state index contributed by atoms with van der Waals surface area (Å²) in [4.78, 5) is 24.6. The number of imidazole rings is 2. The lowest BCUT2D eigenvalue weighted by Crippen LogP contribution is -2.30. The number of benzene rings is 1. The SMILES string of the molecule is Cc1ccsc1CN1CCC2(CCN(Cc3ccc(CN(Cc4ncc[nH]4)Cc4ncc[nH]4)cc3)C2)C1. The van der Waals surface area contributed by atoms with Crippen LogP contribution in [0.5, 0.6) is 0 Å². The number of aromatic nitrogens is 4. The van der Waals surface area contributed by atoms with Gasteiger partial charge in [0.2, 0.25) is 0 Å². The van der Waals surface area contributed by atoms with Crippen LogP contribution in [-0.4, -0.2) is 60.8 Å². The Morgan fingerprint density at radius 2 is 1.46 bits per heavy atom. The van der Waals surface area contributed by atoms with E-state index in [1.807, 2.05) is 36.1 Å². The van der Waals surface area contributed by atoms with E-state index in [1.165, 1.54) is 55.7 Å². The van der Waals surface area contributed by atoms with Crippen molar-refractivity contribution in [1.29, 1.82) is 0 Å². The van der Waals surface area contributed by atoms with Crippen molar-refractivity contribution < 1.29 is 0 Å². The number of hydrogen-bond acceptors (Lipinski definition) is 6. The number of aryl methyl sites for hydroxylation is 1. The van der Waals surface area contributed by atoms with E-state index in [9.17, 15) is 0 Å². The van der Waals surface area contributed by atoms with Crippen LogP contribution in [0.15, 0.2) is 60.5 Å². The summed E-state index contributed by atoms with van der Waals surface area (Å²) in [6.45, 7) is 11.7. The Morgan fingerprint density at radius 1 is 0.838 bits per heavy atom. The van der Waals surface area contributed by atoms with Crippen molar-refractivity contribution in [3.05, 3.63) is 93.7 Å². The zero-order valence-electron chi connectivity index (χ0n) is 21.7. The molecule has 0 radical (unpaired) electrons. The van der Waals surface area contributed by atoms with Gasteiger partial charge in [-0.3, -0.25) is 14.7 Å². The van der Waals surface area contributed by atoms with Gasteiger partial charge in [0.1, 0.15) is 11.6 Å². The quantitative estimate of drug-likeness (QED) is 0.318. The van der Waals surface area contributed by atoms with Crippen LogP contribution in [0.25, 0.3) is 0 Å². The summed E-state index contributed by atoms with van der Waals surface area (Å²) in [6.07, 6.45) is 10.1. The molecule has 2 saturated heterocycles. The van der Waals surface area contributed by atoms with E-state index in [4.69, 9.17) is 0 Å². The summed E-state index contributed by atoms with van der Waals surface area (Å²) in [5.41, 5.74) is 4.67. The molecule has 0 aliphatic carbocycles. The Labute approximate surface area is 223 Å². The van der Waals surface area contributed by atoms with Crippen LogP contribution < -0.4 is 0 Å². The van der Waals surface area contributed by atoms with Crippen molar-refractivity contribution in [2.24, 2.45) is 5.41 Å². The summed E-state index contributed by atoms with van der Waals surface area (Å²) in [6, 6.07) is 11.5. The highest BCUT2D eigenvalue weighted by atomic mass is 32.1. The third kappa shape index (κ3) is 6.04. The maximum Gasteiger partial charge on any atom is 0.120 e. The molecule has 6 rings (SSSR count). The van der Waals surface area contributed by atoms with Crippen molar-refractivity contribution >= 4 is 11.3 Å². The smallest absolute Gasteiger partial charge is 0.120 e. The molecular formula is C29H37N7S. The Kier molecular flexibility index (Phi) is 7.24.